The molecule has 0 aliphatic carbocycles. The minimum atomic E-state index is -1.61. The lowest BCUT2D eigenvalue weighted by Crippen LogP contribution is -2.57. The van der Waals surface area contributed by atoms with E-state index in [0.29, 0.717) is 12.0 Å². The molecule has 0 spiro atoms. The summed E-state index contributed by atoms with van der Waals surface area (Å²) in [7, 11) is 0. The van der Waals surface area contributed by atoms with Crippen LogP contribution < -0.4 is 0 Å². The maximum Gasteiger partial charge on any atom is 0.328 e. The second kappa shape index (κ2) is 8.02. The van der Waals surface area contributed by atoms with Gasteiger partial charge < -0.3 is 5.11 Å². The number of alkyl halides is 1. The van der Waals surface area contributed by atoms with Crippen LogP contribution in [0, 0.1) is 11.6 Å². The minimum absolute atomic E-state index is 0.0346. The number of carbonyl (C=O) groups is 1. The molecule has 8 heteroatoms. The summed E-state index contributed by atoms with van der Waals surface area (Å²) in [6.45, 7) is 6.50. The Morgan fingerprint density at radius 2 is 2.00 bits per heavy atom. The van der Waals surface area contributed by atoms with Crippen molar-refractivity contribution in [1.29, 1.82) is 0 Å². The number of benzene rings is 2. The van der Waals surface area contributed by atoms with Crippen molar-refractivity contribution in [3.8, 4) is 0 Å². The van der Waals surface area contributed by atoms with Gasteiger partial charge in [-0.3, -0.25) is 10.00 Å². The topological polar surface area (TPSA) is 69.2 Å². The molecule has 5 nitrogen and oxygen atoms in total. The van der Waals surface area contributed by atoms with Crippen LogP contribution in [-0.4, -0.2) is 44.4 Å². The highest BCUT2D eigenvalue weighted by molar-refractivity contribution is 5.85. The number of rotatable bonds is 5. The summed E-state index contributed by atoms with van der Waals surface area (Å²) in [5, 5.41) is 16.7. The lowest BCUT2D eigenvalue weighted by atomic mass is 9.73. The van der Waals surface area contributed by atoms with Gasteiger partial charge in [-0.1, -0.05) is 6.07 Å². The second-order valence-electron chi connectivity index (χ2n) is 9.43. The summed E-state index contributed by atoms with van der Waals surface area (Å²) in [6.07, 6.45) is 4.22. The molecular weight excluding hydrogens is 431 g/mol. The second-order valence-corrected chi connectivity index (χ2v) is 9.43. The summed E-state index contributed by atoms with van der Waals surface area (Å²) in [5.74, 6) is -2.87. The average molecular weight is 457 g/mol. The molecule has 2 atom stereocenters. The summed E-state index contributed by atoms with van der Waals surface area (Å²) < 4.78 is 46.1. The molecule has 0 amide bonds. The molecule has 0 fully saturated rings. The Kier molecular flexibility index (Phi) is 5.60. The van der Waals surface area contributed by atoms with Crippen molar-refractivity contribution in [1.82, 2.24) is 15.1 Å². The lowest BCUT2D eigenvalue weighted by molar-refractivity contribution is -0.131. The van der Waals surface area contributed by atoms with Crippen molar-refractivity contribution in [3.63, 3.8) is 0 Å². The van der Waals surface area contributed by atoms with E-state index in [-0.39, 0.29) is 23.7 Å². The molecule has 4 rings (SSSR count). The normalized spacial score (nSPS) is 21.6. The van der Waals surface area contributed by atoms with Crippen LogP contribution >= 0.6 is 0 Å². The van der Waals surface area contributed by atoms with Gasteiger partial charge in [0.1, 0.15) is 17.3 Å². The van der Waals surface area contributed by atoms with Gasteiger partial charge in [0, 0.05) is 29.6 Å². The number of aliphatic carboxylic acids is 1. The molecule has 2 N–H and O–H groups in total. The Labute approximate surface area is 189 Å². The number of nitrogens with zero attached hydrogens (tertiary/aromatic N) is 2. The molecule has 2 unspecified atom stereocenters. The van der Waals surface area contributed by atoms with Gasteiger partial charge in [-0.25, -0.2) is 18.0 Å². The van der Waals surface area contributed by atoms with E-state index >= 15 is 8.78 Å². The number of carboxylic acids is 1. The molecule has 0 radical (unpaired) electrons. The van der Waals surface area contributed by atoms with Crippen LogP contribution in [0.5, 0.6) is 0 Å². The number of nitrogens with one attached hydrogen (secondary N) is 1. The van der Waals surface area contributed by atoms with E-state index in [1.807, 2.05) is 24.0 Å². The number of hydrogen-bond donors (Lipinski definition) is 2. The largest absolute Gasteiger partial charge is 0.478 e. The first-order valence-electron chi connectivity index (χ1n) is 10.7. The third kappa shape index (κ3) is 4.04. The van der Waals surface area contributed by atoms with E-state index in [4.69, 9.17) is 5.11 Å². The first-order chi connectivity index (χ1) is 15.4. The Morgan fingerprint density at radius 1 is 1.33 bits per heavy atom. The van der Waals surface area contributed by atoms with Crippen molar-refractivity contribution in [2.45, 2.75) is 51.4 Å². The van der Waals surface area contributed by atoms with Crippen LogP contribution in [0.15, 0.2) is 36.5 Å². The predicted molar refractivity (Wildman–Crippen MR) is 121 cm³/mol. The zero-order valence-corrected chi connectivity index (χ0v) is 18.9. The van der Waals surface area contributed by atoms with Gasteiger partial charge in [-0.05, 0) is 75.1 Å². The number of carboxylic acid groups (broad SMARTS) is 1. The van der Waals surface area contributed by atoms with E-state index in [1.54, 1.807) is 13.1 Å². The van der Waals surface area contributed by atoms with Crippen molar-refractivity contribution >= 4 is 22.9 Å². The van der Waals surface area contributed by atoms with Gasteiger partial charge in [-0.15, -0.1) is 0 Å². The molecule has 174 valence electrons. The average Bonchev–Trinajstić information content (AvgIpc) is 3.18. The van der Waals surface area contributed by atoms with Gasteiger partial charge in [0.2, 0.25) is 0 Å². The van der Waals surface area contributed by atoms with E-state index in [1.165, 1.54) is 13.8 Å². The number of fused-ring (bicyclic) bond motifs is 3. The molecule has 3 aromatic rings. The van der Waals surface area contributed by atoms with Gasteiger partial charge in [-0.2, -0.15) is 5.10 Å². The van der Waals surface area contributed by atoms with Crippen molar-refractivity contribution in [2.75, 3.05) is 6.54 Å². The zero-order valence-electron chi connectivity index (χ0n) is 18.9. The monoisotopic (exact) mass is 457 g/mol. The number of H-pyrrole nitrogens is 1. The van der Waals surface area contributed by atoms with Crippen LogP contribution in [0.4, 0.5) is 13.2 Å². The number of hydrogen-bond acceptors (Lipinski definition) is 3. The first kappa shape index (κ1) is 23.0. The van der Waals surface area contributed by atoms with E-state index in [2.05, 4.69) is 10.2 Å². The van der Waals surface area contributed by atoms with Gasteiger partial charge in [0.05, 0.1) is 17.3 Å². The highest BCUT2D eigenvalue weighted by Crippen LogP contribution is 2.47. The van der Waals surface area contributed by atoms with Crippen LogP contribution in [0.25, 0.3) is 17.0 Å². The Hall–Kier alpha value is -3.13. The lowest BCUT2D eigenvalue weighted by Gasteiger charge is -2.51. The van der Waals surface area contributed by atoms with Crippen LogP contribution in [0.2, 0.25) is 0 Å². The van der Waals surface area contributed by atoms with Crippen molar-refractivity contribution in [2.24, 2.45) is 0 Å². The molecule has 0 saturated heterocycles. The van der Waals surface area contributed by atoms with E-state index in [9.17, 15) is 9.18 Å². The molecule has 0 bridgehead atoms. The SMILES string of the molecule is CC1Cc2c(ccc3[nH]ncc23)C(C)(c2c(F)cc(/C=C/C(=O)O)cc2F)N1CC(C)(C)F. The van der Waals surface area contributed by atoms with Crippen LogP contribution in [0.1, 0.15) is 49.9 Å². The fourth-order valence-electron chi connectivity index (χ4n) is 5.07. The first-order valence-corrected chi connectivity index (χ1v) is 10.7. The number of aromatic nitrogens is 2. The molecule has 1 aromatic heterocycles. The molecule has 33 heavy (non-hydrogen) atoms. The molecule has 0 saturated carbocycles. The smallest absolute Gasteiger partial charge is 0.328 e. The summed E-state index contributed by atoms with van der Waals surface area (Å²) in [6, 6.07) is 5.63. The highest BCUT2D eigenvalue weighted by Gasteiger charge is 2.48. The number of halogens is 3. The quantitative estimate of drug-likeness (QED) is 0.517. The zero-order chi connectivity index (χ0) is 24.1. The fraction of sp³-hybridized carbons (Fsp3) is 0.360. The Balaban J connectivity index is 1.99. The summed E-state index contributed by atoms with van der Waals surface area (Å²) in [5.41, 5.74) is -0.614. The molecule has 2 aromatic carbocycles. The number of aromatic amines is 1. The maximum atomic E-state index is 15.6. The Morgan fingerprint density at radius 3 is 2.61 bits per heavy atom. The van der Waals surface area contributed by atoms with Gasteiger partial charge in [0.25, 0.3) is 0 Å². The highest BCUT2D eigenvalue weighted by atomic mass is 19.1. The van der Waals surface area contributed by atoms with Crippen molar-refractivity contribution in [3.05, 3.63) is 70.4 Å². The van der Waals surface area contributed by atoms with Crippen LogP contribution in [0.3, 0.4) is 0 Å². The molecule has 1 aliphatic heterocycles. The fourth-order valence-corrected chi connectivity index (χ4v) is 5.07. The predicted octanol–water partition coefficient (Wildman–Crippen LogP) is 5.20. The minimum Gasteiger partial charge on any atom is -0.478 e. The van der Waals surface area contributed by atoms with Crippen LogP contribution in [-0.2, 0) is 16.8 Å². The summed E-state index contributed by atoms with van der Waals surface area (Å²) in [4.78, 5) is 12.6. The maximum absolute atomic E-state index is 15.6. The Bertz CT molecular complexity index is 1240. The standard InChI is InChI=1S/C25H26F3N3O2/c1-14-9-16-17-12-29-30-21(17)7-6-18(16)25(4,31(14)13-24(2,3)28)23-19(26)10-15(11-20(23)27)5-8-22(32)33/h5-8,10-12,14H,9,13H2,1-4H3,(H,29,30)(H,32,33)/b8-5+. The van der Waals surface area contributed by atoms with Crippen molar-refractivity contribution < 1.29 is 23.1 Å². The molecule has 2 heterocycles. The third-order valence-electron chi connectivity index (χ3n) is 6.38. The third-order valence-corrected chi connectivity index (χ3v) is 6.38. The van der Waals surface area contributed by atoms with E-state index in [0.717, 1.165) is 40.8 Å². The molecule has 1 aliphatic rings. The van der Waals surface area contributed by atoms with Gasteiger partial charge in [0.15, 0.2) is 0 Å². The van der Waals surface area contributed by atoms with E-state index < -0.39 is 28.8 Å². The van der Waals surface area contributed by atoms with Gasteiger partial charge >= 0.3 is 5.97 Å². The molecular formula is C25H26F3N3O2. The summed E-state index contributed by atoms with van der Waals surface area (Å²) >= 11 is 0.